The highest BCUT2D eigenvalue weighted by Crippen LogP contribution is 2.43. The third-order valence-electron chi connectivity index (χ3n) is 6.87. The number of hydrogen-bond acceptors (Lipinski definition) is 3. The Morgan fingerprint density at radius 2 is 1.82 bits per heavy atom. The first-order valence-corrected chi connectivity index (χ1v) is 11.8. The summed E-state index contributed by atoms with van der Waals surface area (Å²) >= 11 is 6.23. The summed E-state index contributed by atoms with van der Waals surface area (Å²) in [6.07, 6.45) is 7.61. The second-order valence-corrected chi connectivity index (χ2v) is 9.65. The molecule has 0 aliphatic heterocycles. The molecule has 2 aromatic heterocycles. The van der Waals surface area contributed by atoms with E-state index in [1.807, 2.05) is 47.4 Å². The molecule has 2 aromatic carbocycles. The van der Waals surface area contributed by atoms with E-state index in [1.54, 1.807) is 16.8 Å². The Morgan fingerprint density at radius 3 is 2.58 bits per heavy atom. The lowest BCUT2D eigenvalue weighted by molar-refractivity contribution is 0.232. The zero-order chi connectivity index (χ0) is 22.8. The van der Waals surface area contributed by atoms with E-state index in [0.717, 1.165) is 42.0 Å². The molecule has 1 aliphatic carbocycles. The van der Waals surface area contributed by atoms with Crippen molar-refractivity contribution in [2.24, 2.45) is 0 Å². The van der Waals surface area contributed by atoms with Crippen LogP contribution in [0.1, 0.15) is 49.8 Å². The summed E-state index contributed by atoms with van der Waals surface area (Å²) < 4.78 is 3.58. The van der Waals surface area contributed by atoms with Crippen molar-refractivity contribution >= 4 is 11.6 Å². The molecule has 0 unspecified atom stereocenters. The van der Waals surface area contributed by atoms with Crippen molar-refractivity contribution < 1.29 is 0 Å². The van der Waals surface area contributed by atoms with Crippen molar-refractivity contribution in [3.8, 4) is 11.3 Å². The van der Waals surface area contributed by atoms with Crippen LogP contribution in [0.4, 0.5) is 0 Å². The lowest BCUT2D eigenvalue weighted by Crippen LogP contribution is -2.34. The van der Waals surface area contributed by atoms with Crippen LogP contribution in [0.3, 0.4) is 0 Å². The van der Waals surface area contributed by atoms with Gasteiger partial charge in [0.2, 0.25) is 0 Å². The van der Waals surface area contributed by atoms with Gasteiger partial charge in [-0.15, -0.1) is 0 Å². The van der Waals surface area contributed by atoms with Crippen molar-refractivity contribution in [1.29, 1.82) is 0 Å². The second-order valence-electron chi connectivity index (χ2n) is 9.22. The fraction of sp³-hybridized carbons (Fsp3) is 0.296. The topological polar surface area (TPSA) is 52.7 Å². The minimum absolute atomic E-state index is 0.0493. The molecule has 0 saturated heterocycles. The first kappa shape index (κ1) is 21.7. The summed E-state index contributed by atoms with van der Waals surface area (Å²) in [5.74, 6) is 0. The maximum absolute atomic E-state index is 12.7. The summed E-state index contributed by atoms with van der Waals surface area (Å²) in [6, 6.07) is 21.9. The Bertz CT molecular complexity index is 1300. The third-order valence-corrected chi connectivity index (χ3v) is 7.10. The van der Waals surface area contributed by atoms with E-state index in [-0.39, 0.29) is 17.0 Å². The fourth-order valence-corrected chi connectivity index (χ4v) is 5.02. The molecule has 2 heterocycles. The van der Waals surface area contributed by atoms with Crippen LogP contribution >= 0.6 is 11.6 Å². The molecule has 0 radical (unpaired) electrons. The van der Waals surface area contributed by atoms with Crippen LogP contribution in [0.15, 0.2) is 83.9 Å². The highest BCUT2D eigenvalue weighted by molar-refractivity contribution is 6.30. The van der Waals surface area contributed by atoms with Crippen LogP contribution in [0.5, 0.6) is 0 Å². The van der Waals surface area contributed by atoms with Gasteiger partial charge in [0, 0.05) is 22.8 Å². The SMILES string of the molecule is CC1(c2cccc(Cl)c2)CCC(n2nc(-c3cnn(Cc4ccccc4)c3)ccc2=O)CC1. The van der Waals surface area contributed by atoms with Gasteiger partial charge in [0.05, 0.1) is 24.5 Å². The lowest BCUT2D eigenvalue weighted by atomic mass is 9.69. The van der Waals surface area contributed by atoms with Crippen LogP contribution in [0.2, 0.25) is 5.02 Å². The Morgan fingerprint density at radius 1 is 1.03 bits per heavy atom. The molecule has 33 heavy (non-hydrogen) atoms. The van der Waals surface area contributed by atoms with Crippen LogP contribution in [0.25, 0.3) is 11.3 Å². The predicted molar refractivity (Wildman–Crippen MR) is 132 cm³/mol. The largest absolute Gasteiger partial charge is 0.268 e. The van der Waals surface area contributed by atoms with Gasteiger partial charge in [0.1, 0.15) is 0 Å². The van der Waals surface area contributed by atoms with Crippen LogP contribution in [-0.4, -0.2) is 19.6 Å². The Labute approximate surface area is 198 Å². The summed E-state index contributed by atoms with van der Waals surface area (Å²) in [5, 5.41) is 10.0. The van der Waals surface area contributed by atoms with Gasteiger partial charge in [-0.25, -0.2) is 4.68 Å². The number of rotatable bonds is 5. The number of halogens is 1. The average molecular weight is 459 g/mol. The zero-order valence-corrected chi connectivity index (χ0v) is 19.4. The van der Waals surface area contributed by atoms with E-state index in [2.05, 4.69) is 36.3 Å². The smallest absolute Gasteiger partial charge is 0.267 e. The Kier molecular flexibility index (Phi) is 5.90. The molecule has 1 aliphatic rings. The molecule has 0 bridgehead atoms. The summed E-state index contributed by atoms with van der Waals surface area (Å²) in [7, 11) is 0. The molecule has 1 saturated carbocycles. The fourth-order valence-electron chi connectivity index (χ4n) is 4.83. The Balaban J connectivity index is 1.33. The van der Waals surface area contributed by atoms with E-state index in [4.69, 9.17) is 16.7 Å². The molecule has 6 heteroatoms. The third kappa shape index (κ3) is 4.64. The first-order valence-electron chi connectivity index (χ1n) is 11.4. The molecule has 4 aromatic rings. The maximum Gasteiger partial charge on any atom is 0.267 e. The van der Waals surface area contributed by atoms with Crippen molar-refractivity contribution in [2.75, 3.05) is 0 Å². The van der Waals surface area contributed by atoms with Gasteiger partial charge in [-0.1, -0.05) is 61.0 Å². The molecule has 0 N–H and O–H groups in total. The molecule has 0 atom stereocenters. The lowest BCUT2D eigenvalue weighted by Gasteiger charge is -2.38. The monoisotopic (exact) mass is 458 g/mol. The van der Waals surface area contributed by atoms with Gasteiger partial charge < -0.3 is 0 Å². The summed E-state index contributed by atoms with van der Waals surface area (Å²) in [5.41, 5.74) is 4.17. The van der Waals surface area contributed by atoms with Gasteiger partial charge in [-0.05, 0) is 60.4 Å². The maximum atomic E-state index is 12.7. The molecule has 5 nitrogen and oxygen atoms in total. The van der Waals surface area contributed by atoms with Crippen molar-refractivity contribution in [3.63, 3.8) is 0 Å². The number of benzene rings is 2. The summed E-state index contributed by atoms with van der Waals surface area (Å²) in [4.78, 5) is 12.7. The van der Waals surface area contributed by atoms with Crippen molar-refractivity contribution in [2.45, 2.75) is 50.6 Å². The van der Waals surface area contributed by atoms with E-state index in [0.29, 0.717) is 6.54 Å². The predicted octanol–water partition coefficient (Wildman–Crippen LogP) is 5.88. The molecular weight excluding hydrogens is 432 g/mol. The number of aromatic nitrogens is 4. The Hall–Kier alpha value is -3.18. The van der Waals surface area contributed by atoms with E-state index in [9.17, 15) is 4.79 Å². The molecule has 1 fully saturated rings. The van der Waals surface area contributed by atoms with Crippen LogP contribution in [-0.2, 0) is 12.0 Å². The molecule has 0 spiro atoms. The minimum atomic E-state index is -0.0493. The molecule has 0 amide bonds. The quantitative estimate of drug-likeness (QED) is 0.375. The van der Waals surface area contributed by atoms with Gasteiger partial charge in [-0.3, -0.25) is 9.48 Å². The highest BCUT2D eigenvalue weighted by atomic mass is 35.5. The highest BCUT2D eigenvalue weighted by Gasteiger charge is 2.34. The first-order chi connectivity index (χ1) is 16.0. The van der Waals surface area contributed by atoms with Crippen LogP contribution in [0, 0.1) is 0 Å². The summed E-state index contributed by atoms with van der Waals surface area (Å²) in [6.45, 7) is 2.99. The normalized spacial score (nSPS) is 20.6. The zero-order valence-electron chi connectivity index (χ0n) is 18.7. The number of hydrogen-bond donors (Lipinski definition) is 0. The van der Waals surface area contributed by atoms with Crippen molar-refractivity contribution in [3.05, 3.63) is 106 Å². The molecule has 168 valence electrons. The standard InChI is InChI=1S/C27H27ClN4O/c1-27(22-8-5-9-23(28)16-22)14-12-24(13-15-27)32-26(33)11-10-25(30-32)21-17-29-31(19-21)18-20-6-3-2-4-7-20/h2-11,16-17,19,24H,12-15,18H2,1H3. The second kappa shape index (κ2) is 8.99. The van der Waals surface area contributed by atoms with Crippen LogP contribution < -0.4 is 5.56 Å². The van der Waals surface area contributed by atoms with Gasteiger partial charge in [0.15, 0.2) is 0 Å². The van der Waals surface area contributed by atoms with Gasteiger partial charge in [0.25, 0.3) is 5.56 Å². The molecular formula is C27H27ClN4O. The van der Waals surface area contributed by atoms with E-state index < -0.39 is 0 Å². The van der Waals surface area contributed by atoms with Gasteiger partial charge in [-0.2, -0.15) is 10.2 Å². The minimum Gasteiger partial charge on any atom is -0.268 e. The number of nitrogens with zero attached hydrogens (tertiary/aromatic N) is 4. The molecule has 5 rings (SSSR count). The van der Waals surface area contributed by atoms with E-state index >= 15 is 0 Å². The van der Waals surface area contributed by atoms with Gasteiger partial charge >= 0.3 is 0 Å². The van der Waals surface area contributed by atoms with E-state index in [1.165, 1.54) is 11.1 Å². The average Bonchev–Trinajstić information content (AvgIpc) is 3.29. The van der Waals surface area contributed by atoms with Crippen molar-refractivity contribution in [1.82, 2.24) is 19.6 Å².